The maximum absolute atomic E-state index is 13.3. The highest BCUT2D eigenvalue weighted by Gasteiger charge is 2.27. The predicted octanol–water partition coefficient (Wildman–Crippen LogP) is 4.11. The van der Waals surface area contributed by atoms with E-state index in [0.29, 0.717) is 11.6 Å². The minimum atomic E-state index is -0.282. The van der Waals surface area contributed by atoms with Gasteiger partial charge < -0.3 is 10.2 Å². The molecule has 0 spiro atoms. The number of piperidine rings is 1. The Morgan fingerprint density at radius 2 is 1.79 bits per heavy atom. The number of halogens is 1. The fourth-order valence-corrected chi connectivity index (χ4v) is 4.79. The maximum Gasteiger partial charge on any atom is 0.217 e. The third-order valence-corrected chi connectivity index (χ3v) is 6.52. The minimum absolute atomic E-state index is 0.0634. The lowest BCUT2D eigenvalue weighted by molar-refractivity contribution is -0.119. The Kier molecular flexibility index (Phi) is 7.22. The van der Waals surface area contributed by atoms with Gasteiger partial charge in [0.05, 0.1) is 0 Å². The second-order valence-electron chi connectivity index (χ2n) is 8.65. The van der Waals surface area contributed by atoms with Gasteiger partial charge in [-0.05, 0) is 101 Å². The summed E-state index contributed by atoms with van der Waals surface area (Å²) in [6.07, 6.45) is 7.58. The van der Waals surface area contributed by atoms with Crippen LogP contribution < -0.4 is 5.32 Å². The van der Waals surface area contributed by atoms with Crippen LogP contribution in [0.1, 0.15) is 67.8 Å². The molecule has 1 N–H and O–H groups in total. The first kappa shape index (κ1) is 21.0. The molecule has 1 aromatic carbocycles. The van der Waals surface area contributed by atoms with Crippen molar-refractivity contribution >= 4 is 11.7 Å². The smallest absolute Gasteiger partial charge is 0.217 e. The first-order valence-electron chi connectivity index (χ1n) is 10.7. The number of nitrogens with zero attached hydrogens (tertiary/aromatic N) is 1. The van der Waals surface area contributed by atoms with Crippen LogP contribution in [0.4, 0.5) is 4.39 Å². The number of Topliss-reactive ketones (excluding diaryl/α,β-unsaturated/α-hetero) is 1. The SMILES string of the molecule is CC(=O)NC1CCC(CCN2CCC(C(=O)c3ccc(F)cc3C)CC2)CC1. The molecule has 28 heavy (non-hydrogen) atoms. The second-order valence-corrected chi connectivity index (χ2v) is 8.65. The van der Waals surface area contributed by atoms with Crippen molar-refractivity contribution in [1.82, 2.24) is 10.2 Å². The number of hydrogen-bond acceptors (Lipinski definition) is 3. The van der Waals surface area contributed by atoms with Crippen LogP contribution in [0.15, 0.2) is 18.2 Å². The number of rotatable bonds is 6. The van der Waals surface area contributed by atoms with E-state index in [1.54, 1.807) is 13.0 Å². The number of likely N-dealkylation sites (tertiary alicyclic amines) is 1. The van der Waals surface area contributed by atoms with E-state index in [1.165, 1.54) is 31.4 Å². The highest BCUT2D eigenvalue weighted by atomic mass is 19.1. The van der Waals surface area contributed by atoms with Gasteiger partial charge in [-0.15, -0.1) is 0 Å². The summed E-state index contributed by atoms with van der Waals surface area (Å²) in [7, 11) is 0. The van der Waals surface area contributed by atoms with Gasteiger partial charge in [-0.1, -0.05) is 0 Å². The molecule has 2 fully saturated rings. The zero-order valence-electron chi connectivity index (χ0n) is 17.2. The standard InChI is InChI=1S/C23H33FN2O2/c1-16-15-20(24)5-8-22(16)23(28)19-10-13-26(14-11-19)12-9-18-3-6-21(7-4-18)25-17(2)27/h5,8,15,18-19,21H,3-4,6-7,9-14H2,1-2H3,(H,25,27). The molecule has 5 heteroatoms. The van der Waals surface area contributed by atoms with E-state index in [4.69, 9.17) is 0 Å². The fourth-order valence-electron chi connectivity index (χ4n) is 4.79. The Hall–Kier alpha value is -1.75. The van der Waals surface area contributed by atoms with Gasteiger partial charge in [0.2, 0.25) is 5.91 Å². The van der Waals surface area contributed by atoms with Crippen molar-refractivity contribution in [3.05, 3.63) is 35.1 Å². The molecular formula is C23H33FN2O2. The zero-order chi connectivity index (χ0) is 20.1. The Balaban J connectivity index is 1.39. The fraction of sp³-hybridized carbons (Fsp3) is 0.652. The molecule has 154 valence electrons. The average Bonchev–Trinajstić information content (AvgIpc) is 2.67. The van der Waals surface area contributed by atoms with Crippen LogP contribution in [0.3, 0.4) is 0 Å². The molecule has 4 nitrogen and oxygen atoms in total. The molecule has 1 aliphatic heterocycles. The Bertz CT molecular complexity index is 690. The lowest BCUT2D eigenvalue weighted by Gasteiger charge is -2.34. The second kappa shape index (κ2) is 9.64. The van der Waals surface area contributed by atoms with E-state index in [2.05, 4.69) is 10.2 Å². The lowest BCUT2D eigenvalue weighted by Crippen LogP contribution is -2.39. The summed E-state index contributed by atoms with van der Waals surface area (Å²) >= 11 is 0. The summed E-state index contributed by atoms with van der Waals surface area (Å²) in [5, 5.41) is 3.04. The number of nitrogens with one attached hydrogen (secondary N) is 1. The number of carbonyl (C=O) groups excluding carboxylic acids is 2. The van der Waals surface area contributed by atoms with Crippen LogP contribution in [-0.2, 0) is 4.79 Å². The highest BCUT2D eigenvalue weighted by Crippen LogP contribution is 2.28. The van der Waals surface area contributed by atoms with Gasteiger partial charge in [0, 0.05) is 24.4 Å². The first-order chi connectivity index (χ1) is 13.4. The van der Waals surface area contributed by atoms with E-state index in [-0.39, 0.29) is 23.4 Å². The van der Waals surface area contributed by atoms with Crippen LogP contribution in [0.2, 0.25) is 0 Å². The van der Waals surface area contributed by atoms with Crippen molar-refractivity contribution in [2.75, 3.05) is 19.6 Å². The molecule has 1 amide bonds. The number of benzene rings is 1. The van der Waals surface area contributed by atoms with Gasteiger partial charge >= 0.3 is 0 Å². The van der Waals surface area contributed by atoms with Gasteiger partial charge in [-0.25, -0.2) is 4.39 Å². The van der Waals surface area contributed by atoms with E-state index in [1.807, 2.05) is 6.92 Å². The summed E-state index contributed by atoms with van der Waals surface area (Å²) in [5.74, 6) is 0.792. The van der Waals surface area contributed by atoms with Gasteiger partial charge in [-0.2, -0.15) is 0 Å². The van der Waals surface area contributed by atoms with Crippen molar-refractivity contribution in [2.45, 2.75) is 64.8 Å². The normalized spacial score (nSPS) is 24.1. The Morgan fingerprint density at radius 1 is 1.11 bits per heavy atom. The van der Waals surface area contributed by atoms with Gasteiger partial charge in [0.1, 0.15) is 5.82 Å². The van der Waals surface area contributed by atoms with Gasteiger partial charge in [-0.3, -0.25) is 9.59 Å². The molecule has 1 saturated carbocycles. The predicted molar refractivity (Wildman–Crippen MR) is 109 cm³/mol. The number of amides is 1. The molecule has 1 aliphatic carbocycles. The van der Waals surface area contributed by atoms with Crippen molar-refractivity contribution in [3.8, 4) is 0 Å². The molecule has 1 aromatic rings. The third kappa shape index (κ3) is 5.63. The molecular weight excluding hydrogens is 355 g/mol. The number of aryl methyl sites for hydroxylation is 1. The van der Waals surface area contributed by atoms with Gasteiger partial charge in [0.25, 0.3) is 0 Å². The summed E-state index contributed by atoms with van der Waals surface area (Å²) in [4.78, 5) is 26.4. The number of hydrogen-bond donors (Lipinski definition) is 1. The summed E-state index contributed by atoms with van der Waals surface area (Å²) in [5.41, 5.74) is 1.41. The molecule has 2 aliphatic rings. The van der Waals surface area contributed by atoms with Crippen LogP contribution in [0.5, 0.6) is 0 Å². The molecule has 0 aromatic heterocycles. The maximum atomic E-state index is 13.3. The van der Waals surface area contributed by atoms with E-state index in [0.717, 1.165) is 56.8 Å². The van der Waals surface area contributed by atoms with Crippen LogP contribution in [-0.4, -0.2) is 42.3 Å². The van der Waals surface area contributed by atoms with Crippen molar-refractivity contribution < 1.29 is 14.0 Å². The summed E-state index contributed by atoms with van der Waals surface area (Å²) in [6, 6.07) is 4.83. The van der Waals surface area contributed by atoms with E-state index in [9.17, 15) is 14.0 Å². The Labute approximate surface area is 167 Å². The summed E-state index contributed by atoms with van der Waals surface area (Å²) in [6.45, 7) is 6.45. The molecule has 0 unspecified atom stereocenters. The van der Waals surface area contributed by atoms with Crippen LogP contribution >= 0.6 is 0 Å². The topological polar surface area (TPSA) is 49.4 Å². The molecule has 1 saturated heterocycles. The molecule has 0 atom stereocenters. The number of ketones is 1. The highest BCUT2D eigenvalue weighted by molar-refractivity contribution is 5.99. The van der Waals surface area contributed by atoms with Gasteiger partial charge in [0.15, 0.2) is 5.78 Å². The van der Waals surface area contributed by atoms with Crippen molar-refractivity contribution in [1.29, 1.82) is 0 Å². The van der Waals surface area contributed by atoms with Crippen molar-refractivity contribution in [3.63, 3.8) is 0 Å². The molecule has 1 heterocycles. The first-order valence-corrected chi connectivity index (χ1v) is 10.7. The van der Waals surface area contributed by atoms with E-state index >= 15 is 0 Å². The lowest BCUT2D eigenvalue weighted by atomic mass is 9.83. The van der Waals surface area contributed by atoms with Crippen LogP contribution in [0, 0.1) is 24.6 Å². The van der Waals surface area contributed by atoms with Crippen LogP contribution in [0.25, 0.3) is 0 Å². The minimum Gasteiger partial charge on any atom is -0.354 e. The quantitative estimate of drug-likeness (QED) is 0.746. The number of carbonyl (C=O) groups is 2. The molecule has 3 rings (SSSR count). The molecule has 0 bridgehead atoms. The largest absolute Gasteiger partial charge is 0.354 e. The summed E-state index contributed by atoms with van der Waals surface area (Å²) < 4.78 is 13.3. The third-order valence-electron chi connectivity index (χ3n) is 6.52. The average molecular weight is 389 g/mol. The van der Waals surface area contributed by atoms with Crippen molar-refractivity contribution in [2.24, 2.45) is 11.8 Å². The van der Waals surface area contributed by atoms with E-state index < -0.39 is 0 Å². The Morgan fingerprint density at radius 3 is 2.39 bits per heavy atom. The zero-order valence-corrected chi connectivity index (χ0v) is 17.2. The molecule has 0 radical (unpaired) electrons. The monoisotopic (exact) mass is 388 g/mol.